The molecule has 10 heteroatoms. The summed E-state index contributed by atoms with van der Waals surface area (Å²) in [6, 6.07) is 13.9. The number of ether oxygens (including phenoxy) is 3. The fourth-order valence-electron chi connectivity index (χ4n) is 8.05. The summed E-state index contributed by atoms with van der Waals surface area (Å²) in [6.07, 6.45) is 8.67. The van der Waals surface area contributed by atoms with E-state index >= 15 is 0 Å². The second-order valence-electron chi connectivity index (χ2n) is 13.3. The first kappa shape index (κ1) is 32.3. The van der Waals surface area contributed by atoms with Gasteiger partial charge in [-0.15, -0.1) is 0 Å². The van der Waals surface area contributed by atoms with Crippen molar-refractivity contribution in [3.8, 4) is 5.75 Å². The molecule has 3 atom stereocenters. The highest BCUT2D eigenvalue weighted by molar-refractivity contribution is 7.92. The van der Waals surface area contributed by atoms with Crippen molar-refractivity contribution in [2.45, 2.75) is 92.0 Å². The molecule has 0 spiro atoms. The zero-order valence-electron chi connectivity index (χ0n) is 26.3. The first-order valence-electron chi connectivity index (χ1n) is 16.7. The molecule has 45 heavy (non-hydrogen) atoms. The molecule has 1 amide bonds. The Bertz CT molecular complexity index is 1410. The third kappa shape index (κ3) is 7.18. The number of amides is 1. The Morgan fingerprint density at radius 3 is 2.36 bits per heavy atom. The molecule has 1 N–H and O–H groups in total. The van der Waals surface area contributed by atoms with Crippen LogP contribution in [0.25, 0.3) is 0 Å². The Hall–Kier alpha value is -2.69. The van der Waals surface area contributed by atoms with Crippen LogP contribution >= 0.6 is 0 Å². The lowest BCUT2D eigenvalue weighted by Gasteiger charge is -2.53. The lowest BCUT2D eigenvalue weighted by molar-refractivity contribution is -0.0370. The van der Waals surface area contributed by atoms with Gasteiger partial charge in [-0.2, -0.15) is 0 Å². The normalized spacial score (nSPS) is 26.9. The fourth-order valence-corrected chi connectivity index (χ4v) is 9.70. The largest absolute Gasteiger partial charge is 0.491 e. The molecule has 1 unspecified atom stereocenters. The second-order valence-corrected chi connectivity index (χ2v) is 15.5. The van der Waals surface area contributed by atoms with Gasteiger partial charge in [-0.05, 0) is 125 Å². The van der Waals surface area contributed by atoms with Gasteiger partial charge < -0.3 is 24.4 Å². The molecule has 2 aromatic carbocycles. The SMILES string of the molecule is CNC(=O)O[C@H]1CCC[C@@H]1C(CN1CCC1)(c1cccc(F)c1)C1CCC(OCCOc2ccc(S(=O)(=O)C3CC3)cc2)CC1. The van der Waals surface area contributed by atoms with E-state index in [-0.39, 0.29) is 34.6 Å². The molecule has 3 saturated carbocycles. The number of benzene rings is 2. The van der Waals surface area contributed by atoms with Crippen molar-refractivity contribution in [3.63, 3.8) is 0 Å². The summed E-state index contributed by atoms with van der Waals surface area (Å²) in [6.45, 7) is 3.77. The quantitative estimate of drug-likeness (QED) is 0.273. The average molecular weight is 643 g/mol. The molecule has 1 saturated heterocycles. The molecule has 4 fully saturated rings. The van der Waals surface area contributed by atoms with Crippen LogP contribution in [0.4, 0.5) is 9.18 Å². The number of likely N-dealkylation sites (tertiary alicyclic amines) is 1. The minimum Gasteiger partial charge on any atom is -0.491 e. The predicted molar refractivity (Wildman–Crippen MR) is 170 cm³/mol. The van der Waals surface area contributed by atoms with Crippen molar-refractivity contribution < 1.29 is 31.8 Å². The molecule has 1 heterocycles. The van der Waals surface area contributed by atoms with Crippen LogP contribution in [0.5, 0.6) is 5.75 Å². The summed E-state index contributed by atoms with van der Waals surface area (Å²) in [7, 11) is -1.61. The van der Waals surface area contributed by atoms with Crippen LogP contribution in [0.1, 0.15) is 69.8 Å². The van der Waals surface area contributed by atoms with Gasteiger partial charge in [0.2, 0.25) is 0 Å². The number of nitrogens with zero attached hydrogens (tertiary/aromatic N) is 1. The molecular weight excluding hydrogens is 595 g/mol. The third-order valence-corrected chi connectivity index (χ3v) is 12.9. The Kier molecular flexibility index (Phi) is 10.0. The molecule has 0 bridgehead atoms. The zero-order chi connectivity index (χ0) is 31.4. The number of halogens is 1. The Morgan fingerprint density at radius 2 is 1.71 bits per heavy atom. The number of hydrogen-bond donors (Lipinski definition) is 1. The molecular formula is C35H47FN2O6S. The number of hydrogen-bond acceptors (Lipinski definition) is 7. The van der Waals surface area contributed by atoms with E-state index in [4.69, 9.17) is 14.2 Å². The Balaban J connectivity index is 1.10. The molecule has 3 aliphatic carbocycles. The fraction of sp³-hybridized carbons (Fsp3) is 0.629. The van der Waals surface area contributed by atoms with Crippen LogP contribution < -0.4 is 10.1 Å². The first-order chi connectivity index (χ1) is 21.8. The van der Waals surface area contributed by atoms with E-state index in [1.807, 2.05) is 6.07 Å². The monoisotopic (exact) mass is 642 g/mol. The molecule has 0 aromatic heterocycles. The smallest absolute Gasteiger partial charge is 0.407 e. The minimum absolute atomic E-state index is 0.110. The Labute approximate surface area is 266 Å². The lowest BCUT2D eigenvalue weighted by atomic mass is 9.57. The maximum absolute atomic E-state index is 14.8. The summed E-state index contributed by atoms with van der Waals surface area (Å²) >= 11 is 0. The van der Waals surface area contributed by atoms with E-state index in [2.05, 4.69) is 16.3 Å². The van der Waals surface area contributed by atoms with Crippen molar-refractivity contribution >= 4 is 15.9 Å². The standard InChI is InChI=1S/C35H47FN2O6S/c1-37-34(39)44-33-8-3-7-32(33)35(24-38-19-4-20-38,26-5-2-6-27(36)23-26)25-9-11-28(12-10-25)42-21-22-43-29-13-15-30(16-14-29)45(40,41)31-17-18-31/h2,5-6,13-16,23,25,28,31-33H,3-4,7-12,17-22,24H2,1H3,(H,37,39)/t25?,28?,32-,33-,35?/m0/s1. The van der Waals surface area contributed by atoms with Crippen LogP contribution in [0.2, 0.25) is 0 Å². The highest BCUT2D eigenvalue weighted by atomic mass is 32.2. The number of carbonyl (C=O) groups is 1. The van der Waals surface area contributed by atoms with Crippen molar-refractivity contribution in [2.24, 2.45) is 11.8 Å². The van der Waals surface area contributed by atoms with E-state index in [9.17, 15) is 17.6 Å². The summed E-state index contributed by atoms with van der Waals surface area (Å²) in [5.41, 5.74) is 0.700. The van der Waals surface area contributed by atoms with E-state index in [1.54, 1.807) is 37.4 Å². The maximum Gasteiger partial charge on any atom is 0.407 e. The highest BCUT2D eigenvalue weighted by Gasteiger charge is 2.54. The van der Waals surface area contributed by atoms with Crippen molar-refractivity contribution in [3.05, 3.63) is 59.9 Å². The van der Waals surface area contributed by atoms with E-state index in [1.165, 1.54) is 12.5 Å². The summed E-state index contributed by atoms with van der Waals surface area (Å²) < 4.78 is 57.8. The number of rotatable bonds is 13. The highest BCUT2D eigenvalue weighted by Crippen LogP contribution is 2.53. The van der Waals surface area contributed by atoms with Gasteiger partial charge in [-0.1, -0.05) is 12.1 Å². The lowest BCUT2D eigenvalue weighted by Crippen LogP contribution is -2.57. The van der Waals surface area contributed by atoms with Crippen LogP contribution in [0.3, 0.4) is 0 Å². The van der Waals surface area contributed by atoms with Crippen LogP contribution in [-0.4, -0.2) is 76.8 Å². The van der Waals surface area contributed by atoms with Crippen LogP contribution in [0, 0.1) is 17.7 Å². The first-order valence-corrected chi connectivity index (χ1v) is 18.3. The van der Waals surface area contributed by atoms with Gasteiger partial charge in [-0.25, -0.2) is 17.6 Å². The van der Waals surface area contributed by atoms with Gasteiger partial charge >= 0.3 is 6.09 Å². The summed E-state index contributed by atoms with van der Waals surface area (Å²) in [5, 5.41) is 2.40. The van der Waals surface area contributed by atoms with E-state index < -0.39 is 15.9 Å². The van der Waals surface area contributed by atoms with Gasteiger partial charge in [0.25, 0.3) is 0 Å². The van der Waals surface area contributed by atoms with Crippen LogP contribution in [-0.2, 0) is 24.7 Å². The number of carbonyl (C=O) groups excluding carboxylic acids is 1. The topological polar surface area (TPSA) is 94.2 Å². The molecule has 0 radical (unpaired) electrons. The van der Waals surface area contributed by atoms with Crippen LogP contribution in [0.15, 0.2) is 53.4 Å². The van der Waals surface area contributed by atoms with Gasteiger partial charge in [0.05, 0.1) is 22.9 Å². The van der Waals surface area contributed by atoms with E-state index in [0.29, 0.717) is 29.8 Å². The molecule has 2 aromatic rings. The maximum atomic E-state index is 14.8. The van der Waals surface area contributed by atoms with Crippen molar-refractivity contribution in [1.29, 1.82) is 0 Å². The third-order valence-electron chi connectivity index (χ3n) is 10.6. The average Bonchev–Trinajstić information content (AvgIpc) is 3.80. The van der Waals surface area contributed by atoms with Crippen molar-refractivity contribution in [1.82, 2.24) is 10.2 Å². The summed E-state index contributed by atoms with van der Waals surface area (Å²) in [5.74, 6) is 0.825. The van der Waals surface area contributed by atoms with E-state index in [0.717, 1.165) is 83.0 Å². The molecule has 246 valence electrons. The molecule has 6 rings (SSSR count). The number of alkyl carbamates (subject to hydrolysis) is 1. The molecule has 1 aliphatic heterocycles. The minimum atomic E-state index is -3.20. The zero-order valence-corrected chi connectivity index (χ0v) is 27.1. The van der Waals surface area contributed by atoms with Gasteiger partial charge in [-0.3, -0.25) is 0 Å². The predicted octanol–water partition coefficient (Wildman–Crippen LogP) is 5.88. The summed E-state index contributed by atoms with van der Waals surface area (Å²) in [4.78, 5) is 15.2. The molecule has 4 aliphatic rings. The molecule has 8 nitrogen and oxygen atoms in total. The van der Waals surface area contributed by atoms with Gasteiger partial charge in [0.15, 0.2) is 9.84 Å². The van der Waals surface area contributed by atoms with Gasteiger partial charge in [0, 0.05) is 24.9 Å². The number of sulfone groups is 1. The number of nitrogens with one attached hydrogen (secondary N) is 1. The van der Waals surface area contributed by atoms with Crippen molar-refractivity contribution in [2.75, 3.05) is 39.9 Å². The Morgan fingerprint density at radius 1 is 0.956 bits per heavy atom. The second kappa shape index (κ2) is 14.0. The van der Waals surface area contributed by atoms with Gasteiger partial charge in [0.1, 0.15) is 24.3 Å².